The molecule has 0 bridgehead atoms. The Morgan fingerprint density at radius 1 is 1.18 bits per heavy atom. The third-order valence-corrected chi connectivity index (χ3v) is 5.59. The molecular weight excluding hydrogens is 280 g/mol. The molecule has 2 aliphatic carbocycles. The Morgan fingerprint density at radius 2 is 1.86 bits per heavy atom. The highest BCUT2D eigenvalue weighted by Crippen LogP contribution is 2.56. The fraction of sp³-hybridized carbons (Fsp3) is 0.500. The van der Waals surface area contributed by atoms with E-state index in [4.69, 9.17) is 4.74 Å². The van der Waals surface area contributed by atoms with Gasteiger partial charge in [0.05, 0.1) is 18.4 Å². The lowest BCUT2D eigenvalue weighted by Gasteiger charge is -2.52. The number of ether oxygens (including phenoxy) is 1. The van der Waals surface area contributed by atoms with Crippen LogP contribution in [0.25, 0.3) is 0 Å². The third kappa shape index (κ3) is 1.73. The molecule has 0 heterocycles. The van der Waals surface area contributed by atoms with E-state index in [2.05, 4.69) is 0 Å². The van der Waals surface area contributed by atoms with Gasteiger partial charge in [0, 0.05) is 11.0 Å². The lowest BCUT2D eigenvalue weighted by molar-refractivity contribution is -0.163. The van der Waals surface area contributed by atoms with Crippen molar-refractivity contribution in [1.29, 1.82) is 0 Å². The van der Waals surface area contributed by atoms with Crippen LogP contribution in [0.4, 0.5) is 0 Å². The van der Waals surface area contributed by atoms with Crippen molar-refractivity contribution in [2.75, 3.05) is 7.11 Å². The molecule has 1 fully saturated rings. The number of fused-ring (bicyclic) bond motifs is 3. The van der Waals surface area contributed by atoms with E-state index in [0.29, 0.717) is 12.0 Å². The first-order valence-corrected chi connectivity index (χ1v) is 7.63. The summed E-state index contributed by atoms with van der Waals surface area (Å²) in [5.74, 6) is -1.98. The van der Waals surface area contributed by atoms with Crippen LogP contribution in [-0.2, 0) is 19.7 Å². The first-order valence-electron chi connectivity index (χ1n) is 7.63. The molecule has 1 aromatic carbocycles. The second-order valence-corrected chi connectivity index (χ2v) is 6.85. The molecule has 2 aliphatic rings. The molecule has 0 spiro atoms. The summed E-state index contributed by atoms with van der Waals surface area (Å²) >= 11 is 0. The Hall–Kier alpha value is -1.97. The Bertz CT molecular complexity index is 677. The zero-order valence-electron chi connectivity index (χ0n) is 13.1. The Labute approximate surface area is 129 Å². The fourth-order valence-corrected chi connectivity index (χ4v) is 4.58. The molecule has 0 saturated heterocycles. The SMILES string of the molecule is COC(=O)C1(C)CCC[C@@]2(C)c3ccccc3C(=O)C(=O)[C@@H]12. The van der Waals surface area contributed by atoms with Gasteiger partial charge < -0.3 is 4.74 Å². The van der Waals surface area contributed by atoms with E-state index in [1.807, 2.05) is 19.1 Å². The van der Waals surface area contributed by atoms with E-state index in [0.717, 1.165) is 18.4 Å². The van der Waals surface area contributed by atoms with Crippen molar-refractivity contribution < 1.29 is 19.1 Å². The molecule has 1 aromatic rings. The summed E-state index contributed by atoms with van der Waals surface area (Å²) in [6.07, 6.45) is 2.19. The van der Waals surface area contributed by atoms with Crippen LogP contribution in [0.5, 0.6) is 0 Å². The van der Waals surface area contributed by atoms with E-state index in [1.54, 1.807) is 19.1 Å². The number of esters is 1. The van der Waals surface area contributed by atoms with Crippen LogP contribution in [0.3, 0.4) is 0 Å². The molecular formula is C18H20O4. The molecule has 116 valence electrons. The van der Waals surface area contributed by atoms with Gasteiger partial charge in [-0.2, -0.15) is 0 Å². The van der Waals surface area contributed by atoms with Crippen molar-refractivity contribution in [2.24, 2.45) is 11.3 Å². The number of hydrogen-bond donors (Lipinski definition) is 0. The van der Waals surface area contributed by atoms with Crippen LogP contribution in [0.15, 0.2) is 24.3 Å². The second kappa shape index (κ2) is 4.77. The normalized spacial score (nSPS) is 33.9. The highest BCUT2D eigenvalue weighted by Gasteiger charge is 2.61. The van der Waals surface area contributed by atoms with E-state index >= 15 is 0 Å². The standard InChI is InChI=1S/C18H20O4/c1-17-9-6-10-18(2,16(21)22-3)15(17)14(20)13(19)11-7-4-5-8-12(11)17/h4-5,7-8,15H,6,9-10H2,1-3H3/t15-,17+,18?/m1/s1. The minimum Gasteiger partial charge on any atom is -0.469 e. The second-order valence-electron chi connectivity index (χ2n) is 6.85. The molecule has 0 aliphatic heterocycles. The topological polar surface area (TPSA) is 60.4 Å². The maximum absolute atomic E-state index is 12.8. The lowest BCUT2D eigenvalue weighted by Crippen LogP contribution is -2.58. The van der Waals surface area contributed by atoms with Crippen molar-refractivity contribution in [2.45, 2.75) is 38.5 Å². The fourth-order valence-electron chi connectivity index (χ4n) is 4.58. The quantitative estimate of drug-likeness (QED) is 0.591. The number of benzene rings is 1. The molecule has 0 aromatic heterocycles. The molecule has 4 heteroatoms. The first-order chi connectivity index (χ1) is 10.4. The van der Waals surface area contributed by atoms with Gasteiger partial charge in [0.15, 0.2) is 0 Å². The molecule has 3 rings (SSSR count). The zero-order chi connectivity index (χ0) is 16.1. The zero-order valence-corrected chi connectivity index (χ0v) is 13.1. The van der Waals surface area contributed by atoms with Crippen molar-refractivity contribution in [3.05, 3.63) is 35.4 Å². The summed E-state index contributed by atoms with van der Waals surface area (Å²) in [5, 5.41) is 0. The summed E-state index contributed by atoms with van der Waals surface area (Å²) in [7, 11) is 1.34. The van der Waals surface area contributed by atoms with Crippen LogP contribution in [0.2, 0.25) is 0 Å². The predicted octanol–water partition coefficient (Wildman–Crippen LogP) is 2.69. The number of ketones is 2. The summed E-state index contributed by atoms with van der Waals surface area (Å²) in [6.45, 7) is 3.77. The van der Waals surface area contributed by atoms with Gasteiger partial charge in [0.25, 0.3) is 0 Å². The monoisotopic (exact) mass is 300 g/mol. The maximum Gasteiger partial charge on any atom is 0.312 e. The van der Waals surface area contributed by atoms with Crippen LogP contribution < -0.4 is 0 Å². The number of rotatable bonds is 1. The van der Waals surface area contributed by atoms with Gasteiger partial charge in [-0.1, -0.05) is 37.6 Å². The van der Waals surface area contributed by atoms with Gasteiger partial charge in [-0.15, -0.1) is 0 Å². The predicted molar refractivity (Wildman–Crippen MR) is 80.6 cm³/mol. The number of carbonyl (C=O) groups excluding carboxylic acids is 3. The molecule has 0 amide bonds. The molecule has 3 atom stereocenters. The van der Waals surface area contributed by atoms with Gasteiger partial charge in [-0.05, 0) is 25.3 Å². The van der Waals surface area contributed by atoms with Crippen LogP contribution in [0.1, 0.15) is 49.0 Å². The summed E-state index contributed by atoms with van der Waals surface area (Å²) in [5.41, 5.74) is -0.0649. The van der Waals surface area contributed by atoms with E-state index < -0.39 is 34.3 Å². The van der Waals surface area contributed by atoms with Gasteiger partial charge in [0.2, 0.25) is 11.6 Å². The largest absolute Gasteiger partial charge is 0.469 e. The minimum atomic E-state index is -0.942. The van der Waals surface area contributed by atoms with E-state index in [9.17, 15) is 14.4 Å². The van der Waals surface area contributed by atoms with Crippen LogP contribution in [-0.4, -0.2) is 24.6 Å². The number of methoxy groups -OCH3 is 1. The molecule has 0 radical (unpaired) electrons. The molecule has 1 saturated carbocycles. The molecule has 1 unspecified atom stereocenters. The first kappa shape index (κ1) is 14.9. The highest BCUT2D eigenvalue weighted by molar-refractivity contribution is 6.46. The van der Waals surface area contributed by atoms with Crippen LogP contribution >= 0.6 is 0 Å². The lowest BCUT2D eigenvalue weighted by atomic mass is 9.49. The average molecular weight is 300 g/mol. The minimum absolute atomic E-state index is 0.399. The van der Waals surface area contributed by atoms with Crippen molar-refractivity contribution in [3.63, 3.8) is 0 Å². The van der Waals surface area contributed by atoms with Crippen molar-refractivity contribution >= 4 is 17.5 Å². The van der Waals surface area contributed by atoms with E-state index in [1.165, 1.54) is 7.11 Å². The van der Waals surface area contributed by atoms with Gasteiger partial charge in [-0.3, -0.25) is 14.4 Å². The maximum atomic E-state index is 12.8. The number of Topliss-reactive ketones (excluding diaryl/α,β-unsaturated/α-hetero) is 2. The van der Waals surface area contributed by atoms with Crippen LogP contribution in [0, 0.1) is 11.3 Å². The average Bonchev–Trinajstić information content (AvgIpc) is 2.52. The summed E-state index contributed by atoms with van der Waals surface area (Å²) < 4.78 is 4.96. The molecule has 0 N–H and O–H groups in total. The Morgan fingerprint density at radius 3 is 2.55 bits per heavy atom. The molecule has 22 heavy (non-hydrogen) atoms. The van der Waals surface area contributed by atoms with Crippen molar-refractivity contribution in [1.82, 2.24) is 0 Å². The van der Waals surface area contributed by atoms with Gasteiger partial charge in [-0.25, -0.2) is 0 Å². The van der Waals surface area contributed by atoms with Crippen molar-refractivity contribution in [3.8, 4) is 0 Å². The number of hydrogen-bond acceptors (Lipinski definition) is 4. The van der Waals surface area contributed by atoms with E-state index in [-0.39, 0.29) is 0 Å². The highest BCUT2D eigenvalue weighted by atomic mass is 16.5. The van der Waals surface area contributed by atoms with Gasteiger partial charge >= 0.3 is 5.97 Å². The molecule has 4 nitrogen and oxygen atoms in total. The Balaban J connectivity index is 2.24. The summed E-state index contributed by atoms with van der Waals surface area (Å²) in [4.78, 5) is 37.7. The summed E-state index contributed by atoms with van der Waals surface area (Å²) in [6, 6.07) is 7.28. The smallest absolute Gasteiger partial charge is 0.312 e. The van der Waals surface area contributed by atoms with Gasteiger partial charge in [0.1, 0.15) is 0 Å². The third-order valence-electron chi connectivity index (χ3n) is 5.59. The number of carbonyl (C=O) groups is 3. The Kier molecular flexibility index (Phi) is 3.24.